The first-order chi connectivity index (χ1) is 17.2. The molecule has 1 aliphatic heterocycles. The third-order valence-corrected chi connectivity index (χ3v) is 6.15. The molecule has 186 valence electrons. The Morgan fingerprint density at radius 2 is 2.06 bits per heavy atom. The first kappa shape index (κ1) is 25.1. The summed E-state index contributed by atoms with van der Waals surface area (Å²) in [6.45, 7) is 9.17. The largest absolute Gasteiger partial charge is 0.438 e. The van der Waals surface area contributed by atoms with Gasteiger partial charge in [-0.05, 0) is 60.6 Å². The Hall–Kier alpha value is -3.96. The molecule has 4 rings (SSSR count). The molecule has 2 aromatic heterocycles. The van der Waals surface area contributed by atoms with Crippen LogP contribution in [-0.4, -0.2) is 34.5 Å². The number of carbonyl (C=O) groups excluding carboxylic acids is 1. The van der Waals surface area contributed by atoms with Crippen LogP contribution in [0.3, 0.4) is 0 Å². The topological polar surface area (TPSA) is 106 Å². The molecule has 36 heavy (non-hydrogen) atoms. The molecule has 1 aliphatic rings. The van der Waals surface area contributed by atoms with E-state index in [2.05, 4.69) is 31.1 Å². The van der Waals surface area contributed by atoms with E-state index in [9.17, 15) is 14.9 Å². The van der Waals surface area contributed by atoms with Gasteiger partial charge in [-0.1, -0.05) is 39.0 Å². The van der Waals surface area contributed by atoms with Crippen molar-refractivity contribution in [3.8, 4) is 17.7 Å². The molecule has 1 N–H and O–H groups in total. The van der Waals surface area contributed by atoms with Crippen molar-refractivity contribution >= 4 is 17.6 Å². The van der Waals surface area contributed by atoms with Gasteiger partial charge in [0.2, 0.25) is 5.88 Å². The quantitative estimate of drug-likeness (QED) is 0.411. The van der Waals surface area contributed by atoms with Crippen LogP contribution in [0.2, 0.25) is 0 Å². The fraction of sp³-hybridized carbons (Fsp3) is 0.357. The lowest BCUT2D eigenvalue weighted by Gasteiger charge is -2.19. The molecule has 0 spiro atoms. The van der Waals surface area contributed by atoms with Gasteiger partial charge in [0.05, 0.1) is 6.10 Å². The van der Waals surface area contributed by atoms with Crippen LogP contribution in [0.25, 0.3) is 11.7 Å². The van der Waals surface area contributed by atoms with E-state index in [1.807, 2.05) is 43.3 Å². The lowest BCUT2D eigenvalue weighted by molar-refractivity contribution is -0.117. The zero-order valence-electron chi connectivity index (χ0n) is 21.0. The number of hydrogen-bond donors (Lipinski definition) is 1. The molecule has 1 amide bonds. The van der Waals surface area contributed by atoms with Crippen LogP contribution in [0.15, 0.2) is 53.0 Å². The SMILES string of the molecule is Cc1cccn2c(=O)c(/C=C(\C#N)C(=O)NC[C@@H]3CCCO3)c(Oc3ccc(C(C)(C)C)cc3)nc12. The first-order valence-corrected chi connectivity index (χ1v) is 12.0. The molecule has 1 fully saturated rings. The number of nitrogens with one attached hydrogen (secondary N) is 1. The van der Waals surface area contributed by atoms with E-state index in [4.69, 9.17) is 9.47 Å². The fourth-order valence-corrected chi connectivity index (χ4v) is 4.03. The standard InChI is InChI=1S/C28H30N4O4/c1-18-7-5-13-32-24(18)31-26(36-21-11-9-20(10-12-21)28(2,3)4)23(27(32)34)15-19(16-29)25(33)30-17-22-8-6-14-35-22/h5,7,9-13,15,22H,6,8,14,17H2,1-4H3,(H,30,33)/b19-15+/t22-/m0/s1. The molecule has 8 nitrogen and oxygen atoms in total. The number of nitrogens with zero attached hydrogens (tertiary/aromatic N) is 3. The van der Waals surface area contributed by atoms with Crippen LogP contribution in [0.5, 0.6) is 11.6 Å². The summed E-state index contributed by atoms with van der Waals surface area (Å²) in [5, 5.41) is 12.4. The zero-order chi connectivity index (χ0) is 25.9. The van der Waals surface area contributed by atoms with E-state index < -0.39 is 11.5 Å². The number of benzene rings is 1. The van der Waals surface area contributed by atoms with Gasteiger partial charge < -0.3 is 14.8 Å². The van der Waals surface area contributed by atoms with Crippen molar-refractivity contribution in [2.75, 3.05) is 13.2 Å². The molecule has 3 aromatic rings. The van der Waals surface area contributed by atoms with E-state index >= 15 is 0 Å². The monoisotopic (exact) mass is 486 g/mol. The molecule has 1 saturated heterocycles. The second-order valence-electron chi connectivity index (χ2n) is 9.91. The van der Waals surface area contributed by atoms with Gasteiger partial charge in [0.15, 0.2) is 0 Å². The number of carbonyl (C=O) groups is 1. The minimum Gasteiger partial charge on any atom is -0.438 e. The van der Waals surface area contributed by atoms with Crippen LogP contribution >= 0.6 is 0 Å². The molecule has 1 atom stereocenters. The van der Waals surface area contributed by atoms with E-state index in [0.717, 1.165) is 24.0 Å². The number of nitriles is 1. The van der Waals surface area contributed by atoms with Gasteiger partial charge in [-0.3, -0.25) is 14.0 Å². The summed E-state index contributed by atoms with van der Waals surface area (Å²) in [5.74, 6) is -0.0662. The molecular formula is C28H30N4O4. The number of fused-ring (bicyclic) bond motifs is 1. The molecule has 0 aliphatic carbocycles. The van der Waals surface area contributed by atoms with Gasteiger partial charge in [0.1, 0.15) is 28.6 Å². The van der Waals surface area contributed by atoms with Crippen molar-refractivity contribution in [1.29, 1.82) is 5.26 Å². The van der Waals surface area contributed by atoms with Crippen molar-refractivity contribution in [2.45, 2.75) is 52.1 Å². The van der Waals surface area contributed by atoms with Crippen LogP contribution in [-0.2, 0) is 14.9 Å². The van der Waals surface area contributed by atoms with Crippen molar-refractivity contribution in [1.82, 2.24) is 14.7 Å². The maximum absolute atomic E-state index is 13.5. The van der Waals surface area contributed by atoms with E-state index in [1.165, 1.54) is 10.5 Å². The maximum atomic E-state index is 13.5. The summed E-state index contributed by atoms with van der Waals surface area (Å²) in [7, 11) is 0. The summed E-state index contributed by atoms with van der Waals surface area (Å²) in [6.07, 6.45) is 4.57. The predicted molar refractivity (Wildman–Crippen MR) is 137 cm³/mol. The van der Waals surface area contributed by atoms with Gasteiger partial charge in [-0.2, -0.15) is 10.2 Å². The van der Waals surface area contributed by atoms with E-state index in [0.29, 0.717) is 24.5 Å². The van der Waals surface area contributed by atoms with Crippen LogP contribution in [0.1, 0.15) is 50.3 Å². The Bertz CT molecular complexity index is 1400. The first-order valence-electron chi connectivity index (χ1n) is 12.0. The fourth-order valence-electron chi connectivity index (χ4n) is 4.03. The molecule has 0 radical (unpaired) electrons. The third kappa shape index (κ3) is 5.47. The molecule has 0 unspecified atom stereocenters. The number of pyridine rings is 1. The Morgan fingerprint density at radius 1 is 1.31 bits per heavy atom. The minimum atomic E-state index is -0.581. The highest BCUT2D eigenvalue weighted by Gasteiger charge is 2.21. The molecule has 0 saturated carbocycles. The van der Waals surface area contributed by atoms with E-state index in [1.54, 1.807) is 12.3 Å². The van der Waals surface area contributed by atoms with Crippen molar-refractivity contribution in [2.24, 2.45) is 0 Å². The van der Waals surface area contributed by atoms with Gasteiger partial charge in [0, 0.05) is 19.3 Å². The highest BCUT2D eigenvalue weighted by molar-refractivity contribution is 6.01. The van der Waals surface area contributed by atoms with Crippen LogP contribution in [0, 0.1) is 18.3 Å². The second-order valence-corrected chi connectivity index (χ2v) is 9.91. The van der Waals surface area contributed by atoms with Crippen molar-refractivity contribution in [3.05, 3.63) is 75.2 Å². The zero-order valence-corrected chi connectivity index (χ0v) is 21.0. The summed E-state index contributed by atoms with van der Waals surface area (Å²) >= 11 is 0. The number of amides is 1. The number of rotatable bonds is 6. The van der Waals surface area contributed by atoms with Gasteiger partial charge in [-0.25, -0.2) is 0 Å². The van der Waals surface area contributed by atoms with Gasteiger partial charge >= 0.3 is 0 Å². The average Bonchev–Trinajstić information content (AvgIpc) is 3.37. The van der Waals surface area contributed by atoms with Crippen molar-refractivity contribution in [3.63, 3.8) is 0 Å². The van der Waals surface area contributed by atoms with Gasteiger partial charge in [-0.15, -0.1) is 0 Å². The average molecular weight is 487 g/mol. The highest BCUT2D eigenvalue weighted by atomic mass is 16.5. The molecule has 1 aromatic carbocycles. The summed E-state index contributed by atoms with van der Waals surface area (Å²) in [5.41, 5.74) is 1.68. The maximum Gasteiger partial charge on any atom is 0.269 e. The molecular weight excluding hydrogens is 456 g/mol. The molecule has 0 bridgehead atoms. The minimum absolute atomic E-state index is 0.0156. The Morgan fingerprint density at radius 3 is 2.69 bits per heavy atom. The highest BCUT2D eigenvalue weighted by Crippen LogP contribution is 2.28. The summed E-state index contributed by atoms with van der Waals surface area (Å²) in [4.78, 5) is 30.8. The summed E-state index contributed by atoms with van der Waals surface area (Å²) in [6, 6.07) is 13.0. The normalized spacial score (nSPS) is 16.1. The molecule has 3 heterocycles. The number of ether oxygens (including phenoxy) is 2. The Labute approximate surface area is 210 Å². The smallest absolute Gasteiger partial charge is 0.269 e. The molecule has 8 heteroatoms. The lowest BCUT2D eigenvalue weighted by Crippen LogP contribution is -2.32. The number of aromatic nitrogens is 2. The van der Waals surface area contributed by atoms with Crippen LogP contribution in [0.4, 0.5) is 0 Å². The third-order valence-electron chi connectivity index (χ3n) is 6.15. The predicted octanol–water partition coefficient (Wildman–Crippen LogP) is 4.29. The number of hydrogen-bond acceptors (Lipinski definition) is 6. The lowest BCUT2D eigenvalue weighted by atomic mass is 9.87. The number of aryl methyl sites for hydroxylation is 1. The van der Waals surface area contributed by atoms with E-state index in [-0.39, 0.29) is 28.5 Å². The van der Waals surface area contributed by atoms with Crippen LogP contribution < -0.4 is 15.6 Å². The van der Waals surface area contributed by atoms with Gasteiger partial charge in [0.25, 0.3) is 11.5 Å². The summed E-state index contributed by atoms with van der Waals surface area (Å²) < 4.78 is 13.0. The second kappa shape index (κ2) is 10.3. The Kier molecular flexibility index (Phi) is 7.22. The Balaban J connectivity index is 1.74. The van der Waals surface area contributed by atoms with Crippen molar-refractivity contribution < 1.29 is 14.3 Å².